The van der Waals surface area contributed by atoms with E-state index in [0.717, 1.165) is 27.7 Å². The molecule has 4 heteroatoms. The van der Waals surface area contributed by atoms with Gasteiger partial charge in [-0.25, -0.2) is 0 Å². The lowest BCUT2D eigenvalue weighted by Gasteiger charge is -2.19. The molecule has 0 amide bonds. The number of hydrogen-bond donors (Lipinski definition) is 1. The van der Waals surface area contributed by atoms with Crippen molar-refractivity contribution in [3.63, 3.8) is 0 Å². The van der Waals surface area contributed by atoms with Gasteiger partial charge in [-0.1, -0.05) is 72.8 Å². The van der Waals surface area contributed by atoms with Crippen LogP contribution in [0.1, 0.15) is 35.3 Å². The summed E-state index contributed by atoms with van der Waals surface area (Å²) in [5.74, 6) is 0.0576. The van der Waals surface area contributed by atoms with Crippen molar-refractivity contribution in [1.82, 2.24) is 0 Å². The van der Waals surface area contributed by atoms with Crippen molar-refractivity contribution >= 4 is 18.4 Å². The molecule has 134 valence electrons. The largest absolute Gasteiger partial charge is 0.492 e. The van der Waals surface area contributed by atoms with Gasteiger partial charge in [-0.05, 0) is 41.6 Å². The van der Waals surface area contributed by atoms with E-state index in [9.17, 15) is 9.82 Å². The standard InChI is InChI=1S/C23H21BO3/c1-23(2)20-13-8-16(14-21(20)24(26)27-23)15-22(25)19-11-9-18(10-12-19)17-6-4-3-5-7-17/h3-14,26H,15H2,1-2H3. The van der Waals surface area contributed by atoms with Gasteiger partial charge in [-0.3, -0.25) is 4.79 Å². The second-order valence-corrected chi connectivity index (χ2v) is 7.45. The first-order chi connectivity index (χ1) is 12.9. The van der Waals surface area contributed by atoms with E-state index in [-0.39, 0.29) is 5.78 Å². The molecular formula is C23H21BO3. The van der Waals surface area contributed by atoms with Crippen LogP contribution in [0, 0.1) is 0 Å². The molecule has 3 nitrogen and oxygen atoms in total. The van der Waals surface area contributed by atoms with Gasteiger partial charge >= 0.3 is 7.12 Å². The van der Waals surface area contributed by atoms with Crippen molar-refractivity contribution in [2.45, 2.75) is 25.9 Å². The van der Waals surface area contributed by atoms with Gasteiger partial charge in [0, 0.05) is 12.0 Å². The van der Waals surface area contributed by atoms with E-state index >= 15 is 0 Å². The van der Waals surface area contributed by atoms with Crippen molar-refractivity contribution < 1.29 is 14.5 Å². The summed E-state index contributed by atoms with van der Waals surface area (Å²) in [7, 11) is -0.935. The predicted octanol–water partition coefficient (Wildman–Crippen LogP) is 3.73. The summed E-state index contributed by atoms with van der Waals surface area (Å²) < 4.78 is 5.59. The van der Waals surface area contributed by atoms with E-state index in [1.807, 2.05) is 74.5 Å². The fraction of sp³-hybridized carbons (Fsp3) is 0.174. The molecule has 0 unspecified atom stereocenters. The molecule has 0 fully saturated rings. The van der Waals surface area contributed by atoms with E-state index in [0.29, 0.717) is 12.0 Å². The van der Waals surface area contributed by atoms with Gasteiger partial charge in [0.2, 0.25) is 0 Å². The minimum absolute atomic E-state index is 0.0576. The zero-order chi connectivity index (χ0) is 19.0. The highest BCUT2D eigenvalue weighted by atomic mass is 16.5. The number of benzene rings is 3. The Morgan fingerprint density at radius 3 is 2.33 bits per heavy atom. The summed E-state index contributed by atoms with van der Waals surface area (Å²) in [5.41, 5.74) is 5.01. The van der Waals surface area contributed by atoms with Crippen LogP contribution in [0.4, 0.5) is 0 Å². The van der Waals surface area contributed by atoms with Crippen LogP contribution in [-0.4, -0.2) is 17.9 Å². The van der Waals surface area contributed by atoms with E-state index in [1.165, 1.54) is 0 Å². The summed E-state index contributed by atoms with van der Waals surface area (Å²) >= 11 is 0. The second-order valence-electron chi connectivity index (χ2n) is 7.45. The van der Waals surface area contributed by atoms with Crippen molar-refractivity contribution in [1.29, 1.82) is 0 Å². The Morgan fingerprint density at radius 1 is 0.963 bits per heavy atom. The van der Waals surface area contributed by atoms with Gasteiger partial charge in [-0.15, -0.1) is 0 Å². The fourth-order valence-corrected chi connectivity index (χ4v) is 3.65. The normalized spacial score (nSPS) is 14.9. The smallest absolute Gasteiger partial charge is 0.423 e. The van der Waals surface area contributed by atoms with Gasteiger partial charge in [0.15, 0.2) is 5.78 Å². The summed E-state index contributed by atoms with van der Waals surface area (Å²) in [5, 5.41) is 10.1. The number of carbonyl (C=O) groups excluding carboxylic acids is 1. The molecule has 0 aliphatic carbocycles. The maximum Gasteiger partial charge on any atom is 0.492 e. The van der Waals surface area contributed by atoms with Gasteiger partial charge < -0.3 is 9.68 Å². The number of carbonyl (C=O) groups is 1. The molecule has 0 radical (unpaired) electrons. The average molecular weight is 356 g/mol. The first kappa shape index (κ1) is 17.7. The van der Waals surface area contributed by atoms with Crippen molar-refractivity contribution in [2.75, 3.05) is 0 Å². The third-order valence-corrected chi connectivity index (χ3v) is 5.12. The highest BCUT2D eigenvalue weighted by Crippen LogP contribution is 2.30. The Hall–Kier alpha value is -2.69. The predicted molar refractivity (Wildman–Crippen MR) is 108 cm³/mol. The molecule has 0 atom stereocenters. The molecular weight excluding hydrogens is 335 g/mol. The Morgan fingerprint density at radius 2 is 1.63 bits per heavy atom. The Kier molecular flexibility index (Phi) is 4.46. The Labute approximate surface area is 159 Å². The van der Waals surface area contributed by atoms with Crippen LogP contribution in [0.5, 0.6) is 0 Å². The molecule has 27 heavy (non-hydrogen) atoms. The first-order valence-corrected chi connectivity index (χ1v) is 9.12. The topological polar surface area (TPSA) is 46.5 Å². The van der Waals surface area contributed by atoms with Crippen LogP contribution in [0.2, 0.25) is 0 Å². The molecule has 1 aliphatic heterocycles. The Bertz CT molecular complexity index is 978. The number of hydrogen-bond acceptors (Lipinski definition) is 3. The number of rotatable bonds is 4. The third kappa shape index (κ3) is 3.46. The molecule has 1 heterocycles. The zero-order valence-corrected chi connectivity index (χ0v) is 15.5. The van der Waals surface area contributed by atoms with Gasteiger partial charge in [0.1, 0.15) is 0 Å². The summed E-state index contributed by atoms with van der Waals surface area (Å²) in [6.07, 6.45) is 0.297. The second kappa shape index (κ2) is 6.80. The molecule has 1 N–H and O–H groups in total. The first-order valence-electron chi connectivity index (χ1n) is 9.12. The van der Waals surface area contributed by atoms with Crippen LogP contribution in [0.25, 0.3) is 11.1 Å². The van der Waals surface area contributed by atoms with Crippen molar-refractivity contribution in [3.8, 4) is 11.1 Å². The number of Topliss-reactive ketones (excluding diaryl/α,β-unsaturated/α-hetero) is 1. The van der Waals surface area contributed by atoms with Crippen LogP contribution < -0.4 is 5.46 Å². The maximum atomic E-state index is 12.7. The highest BCUT2D eigenvalue weighted by Gasteiger charge is 2.40. The lowest BCUT2D eigenvalue weighted by molar-refractivity contribution is 0.0991. The third-order valence-electron chi connectivity index (χ3n) is 5.12. The molecule has 1 aliphatic rings. The van der Waals surface area contributed by atoms with Crippen LogP contribution >= 0.6 is 0 Å². The summed E-state index contributed by atoms with van der Waals surface area (Å²) in [6.45, 7) is 3.86. The fourth-order valence-electron chi connectivity index (χ4n) is 3.65. The molecule has 0 aromatic heterocycles. The lowest BCUT2D eigenvalue weighted by Crippen LogP contribution is -2.29. The van der Waals surface area contributed by atoms with Gasteiger partial charge in [-0.2, -0.15) is 0 Å². The molecule has 0 saturated heterocycles. The summed E-state index contributed by atoms with van der Waals surface area (Å²) in [6, 6.07) is 23.6. The molecule has 0 bridgehead atoms. The monoisotopic (exact) mass is 356 g/mol. The highest BCUT2D eigenvalue weighted by molar-refractivity contribution is 6.62. The minimum Gasteiger partial charge on any atom is -0.423 e. The molecule has 4 rings (SSSR count). The number of ketones is 1. The minimum atomic E-state index is -0.935. The van der Waals surface area contributed by atoms with E-state index in [2.05, 4.69) is 12.1 Å². The van der Waals surface area contributed by atoms with Crippen molar-refractivity contribution in [3.05, 3.63) is 89.5 Å². The number of fused-ring (bicyclic) bond motifs is 1. The quantitative estimate of drug-likeness (QED) is 0.572. The average Bonchev–Trinajstić information content (AvgIpc) is 2.91. The SMILES string of the molecule is CC1(C)OB(O)c2cc(CC(=O)c3ccc(-c4ccccc4)cc3)ccc21. The van der Waals surface area contributed by atoms with Crippen molar-refractivity contribution in [2.24, 2.45) is 0 Å². The van der Waals surface area contributed by atoms with Gasteiger partial charge in [0.25, 0.3) is 0 Å². The van der Waals surface area contributed by atoms with E-state index < -0.39 is 12.7 Å². The van der Waals surface area contributed by atoms with E-state index in [1.54, 1.807) is 0 Å². The van der Waals surface area contributed by atoms with Gasteiger partial charge in [0.05, 0.1) is 5.60 Å². The Balaban J connectivity index is 1.52. The van der Waals surface area contributed by atoms with Crippen LogP contribution in [0.15, 0.2) is 72.8 Å². The molecule has 0 spiro atoms. The van der Waals surface area contributed by atoms with E-state index in [4.69, 9.17) is 4.65 Å². The maximum absolute atomic E-state index is 12.7. The lowest BCUT2D eigenvalue weighted by atomic mass is 9.77. The van der Waals surface area contributed by atoms with Crippen LogP contribution in [0.3, 0.4) is 0 Å². The molecule has 3 aromatic carbocycles. The summed E-state index contributed by atoms with van der Waals surface area (Å²) in [4.78, 5) is 12.7. The molecule has 0 saturated carbocycles. The van der Waals surface area contributed by atoms with Crippen LogP contribution in [-0.2, 0) is 16.7 Å². The zero-order valence-electron chi connectivity index (χ0n) is 15.5. The molecule has 3 aromatic rings.